The predicted octanol–water partition coefficient (Wildman–Crippen LogP) is 4.65. The number of ether oxygens (including phenoxy) is 1. The zero-order valence-corrected chi connectivity index (χ0v) is 21.6. The molecule has 2 unspecified atom stereocenters. The van der Waals surface area contributed by atoms with E-state index in [1.807, 2.05) is 19.3 Å². The van der Waals surface area contributed by atoms with E-state index in [4.69, 9.17) is 10.1 Å². The van der Waals surface area contributed by atoms with Crippen LogP contribution >= 0.6 is 11.8 Å². The van der Waals surface area contributed by atoms with Gasteiger partial charge in [0.1, 0.15) is 11.9 Å². The Bertz CT molecular complexity index is 1190. The standard InChI is InChI=1S/C24H29FN6O2S2/c1-4-16-12-27-23(28-13-16)31-9-7-17(8-10-31)15(2)33-22(26)34-24-29-14-21(30-24)19-6-5-18(35(3)32)11-20(19)25/h5-6,11-15,17,26H,4,7-10H2,1-3H3,(H,29,30). The Balaban J connectivity index is 1.28. The summed E-state index contributed by atoms with van der Waals surface area (Å²) in [7, 11) is -1.25. The highest BCUT2D eigenvalue weighted by Gasteiger charge is 2.27. The zero-order chi connectivity index (χ0) is 24.9. The molecule has 1 aliphatic heterocycles. The Morgan fingerprint density at radius 2 is 2.00 bits per heavy atom. The third-order valence-electron chi connectivity index (χ3n) is 6.18. The SMILES string of the molecule is CCc1cnc(N2CCC(C(C)OC(=N)Sc3ncc(-c4ccc(S(C)=O)cc4F)[nH]3)CC2)nc1. The maximum Gasteiger partial charge on any atom is 0.251 e. The van der Waals surface area contributed by atoms with Crippen LogP contribution in [0.5, 0.6) is 0 Å². The van der Waals surface area contributed by atoms with Crippen LogP contribution in [0, 0.1) is 17.1 Å². The molecule has 2 atom stereocenters. The van der Waals surface area contributed by atoms with Crippen molar-refractivity contribution < 1.29 is 13.3 Å². The van der Waals surface area contributed by atoms with Crippen LogP contribution in [0.25, 0.3) is 11.3 Å². The Morgan fingerprint density at radius 1 is 1.29 bits per heavy atom. The molecule has 0 aliphatic carbocycles. The molecule has 8 nitrogen and oxygen atoms in total. The van der Waals surface area contributed by atoms with Gasteiger partial charge in [-0.1, -0.05) is 6.92 Å². The number of anilines is 1. The van der Waals surface area contributed by atoms with Crippen molar-refractivity contribution >= 4 is 33.7 Å². The molecular formula is C24H29FN6O2S2. The number of piperidine rings is 1. The molecule has 0 bridgehead atoms. The highest BCUT2D eigenvalue weighted by Crippen LogP contribution is 2.28. The van der Waals surface area contributed by atoms with Gasteiger partial charge in [0.05, 0.1) is 11.9 Å². The first-order valence-corrected chi connectivity index (χ1v) is 13.9. The number of benzene rings is 1. The van der Waals surface area contributed by atoms with Crippen molar-refractivity contribution in [3.05, 3.63) is 48.2 Å². The average Bonchev–Trinajstić information content (AvgIpc) is 3.31. The fraction of sp³-hybridized carbons (Fsp3) is 0.417. The predicted molar refractivity (Wildman–Crippen MR) is 137 cm³/mol. The van der Waals surface area contributed by atoms with Crippen LogP contribution < -0.4 is 4.90 Å². The number of aromatic amines is 1. The van der Waals surface area contributed by atoms with Gasteiger partial charge in [0.25, 0.3) is 5.23 Å². The summed E-state index contributed by atoms with van der Waals surface area (Å²) >= 11 is 1.06. The molecule has 0 saturated carbocycles. The van der Waals surface area contributed by atoms with E-state index in [1.54, 1.807) is 12.1 Å². The highest BCUT2D eigenvalue weighted by molar-refractivity contribution is 8.13. The maximum atomic E-state index is 14.4. The van der Waals surface area contributed by atoms with E-state index < -0.39 is 16.6 Å². The summed E-state index contributed by atoms with van der Waals surface area (Å²) in [5.41, 5.74) is 1.95. The van der Waals surface area contributed by atoms with Gasteiger partial charge in [-0.15, -0.1) is 0 Å². The summed E-state index contributed by atoms with van der Waals surface area (Å²) in [6.45, 7) is 5.77. The molecular weight excluding hydrogens is 487 g/mol. The first-order chi connectivity index (χ1) is 16.8. The zero-order valence-electron chi connectivity index (χ0n) is 20.0. The van der Waals surface area contributed by atoms with Crippen molar-refractivity contribution in [3.63, 3.8) is 0 Å². The number of hydrogen-bond acceptors (Lipinski definition) is 8. The summed E-state index contributed by atoms with van der Waals surface area (Å²) < 4.78 is 31.9. The Hall–Kier alpha value is -2.79. The lowest BCUT2D eigenvalue weighted by molar-refractivity contribution is 0.125. The third kappa shape index (κ3) is 6.26. The van der Waals surface area contributed by atoms with Gasteiger partial charge in [0.2, 0.25) is 5.95 Å². The molecule has 1 fully saturated rings. The summed E-state index contributed by atoms with van der Waals surface area (Å²) in [6.07, 6.45) is 9.47. The third-order valence-corrected chi connectivity index (χ3v) is 7.78. The van der Waals surface area contributed by atoms with E-state index in [0.29, 0.717) is 27.2 Å². The fourth-order valence-electron chi connectivity index (χ4n) is 4.02. The smallest absolute Gasteiger partial charge is 0.251 e. The molecule has 1 aromatic carbocycles. The monoisotopic (exact) mass is 516 g/mol. The van der Waals surface area contributed by atoms with Crippen LogP contribution in [0.15, 0.2) is 46.8 Å². The maximum absolute atomic E-state index is 14.4. The number of rotatable bonds is 7. The molecule has 3 aromatic rings. The molecule has 0 spiro atoms. The molecule has 3 heterocycles. The van der Waals surface area contributed by atoms with E-state index >= 15 is 0 Å². The molecule has 35 heavy (non-hydrogen) atoms. The summed E-state index contributed by atoms with van der Waals surface area (Å²) in [4.78, 5) is 18.9. The lowest BCUT2D eigenvalue weighted by Crippen LogP contribution is -2.39. The first kappa shape index (κ1) is 25.3. The number of aromatic nitrogens is 4. The minimum absolute atomic E-state index is 0.0384. The van der Waals surface area contributed by atoms with Crippen LogP contribution in [0.4, 0.5) is 10.3 Å². The lowest BCUT2D eigenvalue weighted by atomic mass is 9.92. The van der Waals surface area contributed by atoms with E-state index in [1.165, 1.54) is 18.5 Å². The molecule has 1 aliphatic rings. The van der Waals surface area contributed by atoms with Crippen molar-refractivity contribution in [2.45, 2.75) is 49.3 Å². The van der Waals surface area contributed by atoms with Gasteiger partial charge in [-0.05, 0) is 55.9 Å². The second-order valence-electron chi connectivity index (χ2n) is 8.48. The molecule has 11 heteroatoms. The number of aryl methyl sites for hydroxylation is 1. The van der Waals surface area contributed by atoms with Crippen LogP contribution in [-0.2, 0) is 22.0 Å². The number of hydrogen-bond donors (Lipinski definition) is 2. The van der Waals surface area contributed by atoms with Crippen LogP contribution in [0.2, 0.25) is 0 Å². The van der Waals surface area contributed by atoms with Gasteiger partial charge in [0.15, 0.2) is 5.16 Å². The van der Waals surface area contributed by atoms with Crippen LogP contribution in [0.1, 0.15) is 32.3 Å². The lowest BCUT2D eigenvalue weighted by Gasteiger charge is -2.34. The van der Waals surface area contributed by atoms with Crippen LogP contribution in [0.3, 0.4) is 0 Å². The largest absolute Gasteiger partial charge is 0.470 e. The van der Waals surface area contributed by atoms with E-state index in [2.05, 4.69) is 31.8 Å². The van der Waals surface area contributed by atoms with Crippen molar-refractivity contribution in [1.82, 2.24) is 19.9 Å². The molecule has 186 valence electrons. The Labute approximate surface area is 211 Å². The number of nitrogens with one attached hydrogen (secondary N) is 2. The number of nitrogens with zero attached hydrogens (tertiary/aromatic N) is 4. The Kier molecular flexibility index (Phi) is 8.17. The van der Waals surface area contributed by atoms with Crippen molar-refractivity contribution in [2.75, 3.05) is 24.2 Å². The van der Waals surface area contributed by atoms with E-state index in [0.717, 1.165) is 55.6 Å². The molecule has 4 rings (SSSR count). The van der Waals surface area contributed by atoms with Gasteiger partial charge in [-0.3, -0.25) is 9.62 Å². The minimum Gasteiger partial charge on any atom is -0.470 e. The molecule has 2 N–H and O–H groups in total. The molecule has 1 saturated heterocycles. The summed E-state index contributed by atoms with van der Waals surface area (Å²) in [5, 5.41) is 8.75. The number of imidazole rings is 1. The van der Waals surface area contributed by atoms with E-state index in [9.17, 15) is 8.60 Å². The van der Waals surface area contributed by atoms with Crippen LogP contribution in [-0.4, -0.2) is 54.8 Å². The molecule has 2 aromatic heterocycles. The quantitative estimate of drug-likeness (QED) is 0.267. The summed E-state index contributed by atoms with van der Waals surface area (Å²) in [6, 6.07) is 4.48. The topological polar surface area (TPSA) is 108 Å². The molecule has 0 radical (unpaired) electrons. The van der Waals surface area contributed by atoms with Gasteiger partial charge in [-0.25, -0.2) is 19.3 Å². The van der Waals surface area contributed by atoms with Crippen molar-refractivity contribution in [2.24, 2.45) is 5.92 Å². The summed E-state index contributed by atoms with van der Waals surface area (Å²) in [5.74, 6) is 0.613. The number of H-pyrrole nitrogens is 1. The second kappa shape index (κ2) is 11.3. The second-order valence-corrected chi connectivity index (χ2v) is 10.8. The first-order valence-electron chi connectivity index (χ1n) is 11.5. The van der Waals surface area contributed by atoms with Crippen molar-refractivity contribution in [3.8, 4) is 11.3 Å². The van der Waals surface area contributed by atoms with Gasteiger partial charge in [-0.2, -0.15) is 0 Å². The number of thioether (sulfide) groups is 1. The molecule has 0 amide bonds. The highest BCUT2D eigenvalue weighted by atomic mass is 32.2. The van der Waals surface area contributed by atoms with E-state index in [-0.39, 0.29) is 11.3 Å². The minimum atomic E-state index is -1.25. The van der Waals surface area contributed by atoms with Gasteiger partial charge in [0, 0.05) is 64.8 Å². The normalized spacial score (nSPS) is 16.2. The van der Waals surface area contributed by atoms with Crippen molar-refractivity contribution in [1.29, 1.82) is 5.41 Å². The average molecular weight is 517 g/mol. The van der Waals surface area contributed by atoms with Gasteiger partial charge < -0.3 is 14.6 Å². The van der Waals surface area contributed by atoms with Gasteiger partial charge >= 0.3 is 0 Å². The number of halogens is 1. The Morgan fingerprint density at radius 3 is 2.63 bits per heavy atom. The fourth-order valence-corrected chi connectivity index (χ4v) is 5.20.